The zero-order chi connectivity index (χ0) is 13.0. The molecular formula is C15H11ClO2. The SMILES string of the molecule is O=C(CC(=O)c1cccc(Cl)c1)c1ccccc1. The van der Waals surface area contributed by atoms with E-state index in [9.17, 15) is 9.59 Å². The lowest BCUT2D eigenvalue weighted by Gasteiger charge is -2.01. The minimum Gasteiger partial charge on any atom is -0.294 e. The Kier molecular flexibility index (Phi) is 3.90. The highest BCUT2D eigenvalue weighted by Gasteiger charge is 2.13. The van der Waals surface area contributed by atoms with Crippen LogP contribution in [-0.2, 0) is 0 Å². The van der Waals surface area contributed by atoms with Crippen LogP contribution in [0.3, 0.4) is 0 Å². The fraction of sp³-hybridized carbons (Fsp3) is 0.0667. The van der Waals surface area contributed by atoms with Gasteiger partial charge < -0.3 is 0 Å². The number of Topliss-reactive ketones (excluding diaryl/α,β-unsaturated/α-hetero) is 2. The van der Waals surface area contributed by atoms with Crippen molar-refractivity contribution in [1.82, 2.24) is 0 Å². The van der Waals surface area contributed by atoms with E-state index in [4.69, 9.17) is 11.6 Å². The second kappa shape index (κ2) is 5.61. The molecule has 0 atom stereocenters. The molecule has 2 rings (SSSR count). The maximum Gasteiger partial charge on any atom is 0.170 e. The molecule has 18 heavy (non-hydrogen) atoms. The topological polar surface area (TPSA) is 34.1 Å². The Morgan fingerprint density at radius 3 is 2.11 bits per heavy atom. The van der Waals surface area contributed by atoms with Crippen molar-refractivity contribution in [3.8, 4) is 0 Å². The number of rotatable bonds is 4. The van der Waals surface area contributed by atoms with Gasteiger partial charge in [-0.1, -0.05) is 54.1 Å². The van der Waals surface area contributed by atoms with Gasteiger partial charge in [0, 0.05) is 16.1 Å². The molecule has 0 fully saturated rings. The number of halogens is 1. The third-order valence-electron chi connectivity index (χ3n) is 2.56. The summed E-state index contributed by atoms with van der Waals surface area (Å²) in [4.78, 5) is 23.8. The van der Waals surface area contributed by atoms with E-state index in [0.717, 1.165) is 0 Å². The van der Waals surface area contributed by atoms with Crippen LogP contribution >= 0.6 is 11.6 Å². The highest BCUT2D eigenvalue weighted by molar-refractivity contribution is 6.31. The van der Waals surface area contributed by atoms with Gasteiger partial charge in [0.25, 0.3) is 0 Å². The lowest BCUT2D eigenvalue weighted by Crippen LogP contribution is -2.08. The minimum atomic E-state index is -0.216. The van der Waals surface area contributed by atoms with Gasteiger partial charge >= 0.3 is 0 Å². The van der Waals surface area contributed by atoms with Gasteiger partial charge in [-0.2, -0.15) is 0 Å². The summed E-state index contributed by atoms with van der Waals surface area (Å²) in [6.07, 6.45) is -0.135. The van der Waals surface area contributed by atoms with Gasteiger partial charge in [-0.05, 0) is 12.1 Å². The second-order valence-electron chi connectivity index (χ2n) is 3.90. The van der Waals surface area contributed by atoms with Crippen molar-refractivity contribution < 1.29 is 9.59 Å². The summed E-state index contributed by atoms with van der Waals surface area (Å²) in [5.41, 5.74) is 1.01. The molecule has 0 saturated carbocycles. The van der Waals surface area contributed by atoms with E-state index in [0.29, 0.717) is 16.1 Å². The van der Waals surface area contributed by atoms with Gasteiger partial charge in [-0.15, -0.1) is 0 Å². The van der Waals surface area contributed by atoms with Crippen molar-refractivity contribution in [1.29, 1.82) is 0 Å². The molecule has 0 radical (unpaired) electrons. The molecule has 0 aliphatic heterocycles. The van der Waals surface area contributed by atoms with Crippen LogP contribution in [0.25, 0.3) is 0 Å². The summed E-state index contributed by atoms with van der Waals surface area (Å²) in [6, 6.07) is 15.4. The highest BCUT2D eigenvalue weighted by Crippen LogP contribution is 2.13. The lowest BCUT2D eigenvalue weighted by molar-refractivity contribution is 0.0894. The Morgan fingerprint density at radius 1 is 0.833 bits per heavy atom. The van der Waals surface area contributed by atoms with E-state index >= 15 is 0 Å². The van der Waals surface area contributed by atoms with Crippen LogP contribution in [0.2, 0.25) is 5.02 Å². The Morgan fingerprint density at radius 2 is 1.44 bits per heavy atom. The molecule has 3 heteroatoms. The summed E-state index contributed by atoms with van der Waals surface area (Å²) in [5, 5.41) is 0.494. The Hall–Kier alpha value is -1.93. The predicted molar refractivity (Wildman–Crippen MR) is 71.2 cm³/mol. The molecule has 0 saturated heterocycles. The fourth-order valence-corrected chi connectivity index (χ4v) is 1.83. The number of hydrogen-bond acceptors (Lipinski definition) is 2. The largest absolute Gasteiger partial charge is 0.294 e. The van der Waals surface area contributed by atoms with Gasteiger partial charge in [-0.25, -0.2) is 0 Å². The predicted octanol–water partition coefficient (Wildman–Crippen LogP) is 3.80. The summed E-state index contributed by atoms with van der Waals surface area (Å²) in [7, 11) is 0. The molecular weight excluding hydrogens is 248 g/mol. The first-order valence-corrected chi connectivity index (χ1v) is 5.91. The molecule has 0 aromatic heterocycles. The van der Waals surface area contributed by atoms with E-state index in [-0.39, 0.29) is 18.0 Å². The highest BCUT2D eigenvalue weighted by atomic mass is 35.5. The number of benzene rings is 2. The molecule has 2 aromatic carbocycles. The third kappa shape index (κ3) is 3.05. The maximum absolute atomic E-state index is 11.9. The Bertz CT molecular complexity index is 576. The van der Waals surface area contributed by atoms with E-state index in [1.54, 1.807) is 48.5 Å². The zero-order valence-corrected chi connectivity index (χ0v) is 10.4. The van der Waals surface area contributed by atoms with Crippen molar-refractivity contribution in [3.05, 3.63) is 70.7 Å². The summed E-state index contributed by atoms with van der Waals surface area (Å²) < 4.78 is 0. The van der Waals surface area contributed by atoms with Gasteiger partial charge in [0.1, 0.15) is 0 Å². The van der Waals surface area contributed by atoms with E-state index in [2.05, 4.69) is 0 Å². The molecule has 0 spiro atoms. The van der Waals surface area contributed by atoms with Crippen LogP contribution in [0.1, 0.15) is 27.1 Å². The monoisotopic (exact) mass is 258 g/mol. The van der Waals surface area contributed by atoms with Gasteiger partial charge in [0.05, 0.1) is 6.42 Å². The molecule has 0 heterocycles. The molecule has 0 aliphatic carbocycles. The average molecular weight is 259 g/mol. The quantitative estimate of drug-likeness (QED) is 0.618. The number of ketones is 2. The summed E-state index contributed by atoms with van der Waals surface area (Å²) >= 11 is 5.81. The first kappa shape index (κ1) is 12.5. The lowest BCUT2D eigenvalue weighted by atomic mass is 10.0. The van der Waals surface area contributed by atoms with Crippen LogP contribution in [0.4, 0.5) is 0 Å². The molecule has 0 bridgehead atoms. The third-order valence-corrected chi connectivity index (χ3v) is 2.80. The van der Waals surface area contributed by atoms with Crippen LogP contribution < -0.4 is 0 Å². The van der Waals surface area contributed by atoms with Crippen molar-refractivity contribution in [2.24, 2.45) is 0 Å². The Labute approximate surface area is 110 Å². The summed E-state index contributed by atoms with van der Waals surface area (Å²) in [5.74, 6) is -0.396. The maximum atomic E-state index is 11.9. The molecule has 90 valence electrons. The van der Waals surface area contributed by atoms with Crippen LogP contribution in [0.5, 0.6) is 0 Å². The van der Waals surface area contributed by atoms with Crippen molar-refractivity contribution in [3.63, 3.8) is 0 Å². The summed E-state index contributed by atoms with van der Waals surface area (Å²) in [6.45, 7) is 0. The molecule has 0 N–H and O–H groups in total. The van der Waals surface area contributed by atoms with Crippen LogP contribution in [-0.4, -0.2) is 11.6 Å². The smallest absolute Gasteiger partial charge is 0.170 e. The standard InChI is InChI=1S/C15H11ClO2/c16-13-8-4-7-12(9-13)15(18)10-14(17)11-5-2-1-3-6-11/h1-9H,10H2. The van der Waals surface area contributed by atoms with E-state index in [1.165, 1.54) is 0 Å². The zero-order valence-electron chi connectivity index (χ0n) is 9.60. The minimum absolute atomic E-state index is 0.135. The normalized spacial score (nSPS) is 10.1. The molecule has 2 nitrogen and oxygen atoms in total. The molecule has 2 aromatic rings. The number of hydrogen-bond donors (Lipinski definition) is 0. The van der Waals surface area contributed by atoms with Crippen molar-refractivity contribution in [2.45, 2.75) is 6.42 Å². The van der Waals surface area contributed by atoms with Gasteiger partial charge in [-0.3, -0.25) is 9.59 Å². The fourth-order valence-electron chi connectivity index (χ4n) is 1.64. The van der Waals surface area contributed by atoms with Crippen molar-refractivity contribution in [2.75, 3.05) is 0 Å². The molecule has 0 aliphatic rings. The first-order valence-electron chi connectivity index (χ1n) is 5.54. The number of carbonyl (C=O) groups excluding carboxylic acids is 2. The molecule has 0 unspecified atom stereocenters. The van der Waals surface area contributed by atoms with Crippen LogP contribution in [0, 0.1) is 0 Å². The van der Waals surface area contributed by atoms with E-state index < -0.39 is 0 Å². The average Bonchev–Trinajstić information content (AvgIpc) is 2.39. The van der Waals surface area contributed by atoms with Gasteiger partial charge in [0.15, 0.2) is 11.6 Å². The number of carbonyl (C=O) groups is 2. The molecule has 0 amide bonds. The Balaban J connectivity index is 2.11. The van der Waals surface area contributed by atoms with Crippen molar-refractivity contribution >= 4 is 23.2 Å². The van der Waals surface area contributed by atoms with E-state index in [1.807, 2.05) is 6.07 Å². The second-order valence-corrected chi connectivity index (χ2v) is 4.34. The van der Waals surface area contributed by atoms with Crippen LogP contribution in [0.15, 0.2) is 54.6 Å². The first-order chi connectivity index (χ1) is 8.66. The van der Waals surface area contributed by atoms with Gasteiger partial charge in [0.2, 0.25) is 0 Å².